The summed E-state index contributed by atoms with van der Waals surface area (Å²) in [5.41, 5.74) is 0.933. The molecule has 0 spiro atoms. The van der Waals surface area contributed by atoms with E-state index >= 15 is 0 Å². The highest BCUT2D eigenvalue weighted by Gasteiger charge is 2.19. The smallest absolute Gasteiger partial charge is 0.317 e. The number of hydrogen-bond acceptors (Lipinski definition) is 4. The molecule has 0 heterocycles. The van der Waals surface area contributed by atoms with Crippen molar-refractivity contribution in [3.05, 3.63) is 35.9 Å². The fourth-order valence-electron chi connectivity index (χ4n) is 1.80. The molecule has 21 heavy (non-hydrogen) atoms. The predicted molar refractivity (Wildman–Crippen MR) is 77.9 cm³/mol. The molecule has 1 aromatic carbocycles. The quantitative estimate of drug-likeness (QED) is 0.611. The van der Waals surface area contributed by atoms with Crippen molar-refractivity contribution in [1.82, 2.24) is 10.6 Å². The minimum absolute atomic E-state index is 0.00611. The number of amides is 1. The number of benzene rings is 1. The Morgan fingerprint density at radius 2 is 1.86 bits per heavy atom. The molecule has 6 nitrogen and oxygen atoms in total. The summed E-state index contributed by atoms with van der Waals surface area (Å²) >= 11 is 0. The maximum Gasteiger partial charge on any atom is 0.317 e. The van der Waals surface area contributed by atoms with Crippen LogP contribution in [0.1, 0.15) is 18.9 Å². The lowest BCUT2D eigenvalue weighted by Gasteiger charge is -2.17. The van der Waals surface area contributed by atoms with Gasteiger partial charge in [-0.1, -0.05) is 30.3 Å². The third-order valence-electron chi connectivity index (χ3n) is 2.88. The van der Waals surface area contributed by atoms with Crippen LogP contribution < -0.4 is 10.6 Å². The largest absolute Gasteiger partial charge is 0.480 e. The van der Waals surface area contributed by atoms with E-state index in [1.165, 1.54) is 6.92 Å². The van der Waals surface area contributed by atoms with Crippen molar-refractivity contribution in [3.8, 4) is 0 Å². The molecule has 0 aliphatic heterocycles. The van der Waals surface area contributed by atoms with Crippen molar-refractivity contribution >= 4 is 17.7 Å². The second-order valence-electron chi connectivity index (χ2n) is 4.76. The van der Waals surface area contributed by atoms with Crippen molar-refractivity contribution in [1.29, 1.82) is 0 Å². The van der Waals surface area contributed by atoms with Gasteiger partial charge >= 0.3 is 5.97 Å². The molecule has 6 heteroatoms. The highest BCUT2D eigenvalue weighted by atomic mass is 16.4. The molecule has 114 valence electrons. The Balaban J connectivity index is 2.60. The van der Waals surface area contributed by atoms with Gasteiger partial charge in [0.25, 0.3) is 0 Å². The van der Waals surface area contributed by atoms with Crippen molar-refractivity contribution in [2.45, 2.75) is 25.8 Å². The summed E-state index contributed by atoms with van der Waals surface area (Å²) < 4.78 is 0. The van der Waals surface area contributed by atoms with Crippen LogP contribution in [0.15, 0.2) is 30.3 Å². The van der Waals surface area contributed by atoms with Gasteiger partial charge in [-0.3, -0.25) is 19.7 Å². The molecule has 3 N–H and O–H groups in total. The molecular formula is C15H20N2O4. The van der Waals surface area contributed by atoms with Gasteiger partial charge in [-0.05, 0) is 18.9 Å². The van der Waals surface area contributed by atoms with Crippen LogP contribution in [0, 0.1) is 0 Å². The maximum atomic E-state index is 12.1. The van der Waals surface area contributed by atoms with Gasteiger partial charge < -0.3 is 10.4 Å². The SMILES string of the molecule is CC(=O)CCNC(=O)[C@H](Cc1ccccc1)NCC(=O)O. The topological polar surface area (TPSA) is 95.5 Å². The zero-order chi connectivity index (χ0) is 15.7. The molecular weight excluding hydrogens is 272 g/mol. The first kappa shape index (κ1) is 16.8. The van der Waals surface area contributed by atoms with E-state index in [1.54, 1.807) is 0 Å². The van der Waals surface area contributed by atoms with Gasteiger partial charge in [-0.15, -0.1) is 0 Å². The van der Waals surface area contributed by atoms with Crippen molar-refractivity contribution < 1.29 is 19.5 Å². The van der Waals surface area contributed by atoms with E-state index in [2.05, 4.69) is 10.6 Å². The molecule has 0 aliphatic rings. The third-order valence-corrected chi connectivity index (χ3v) is 2.88. The Bertz CT molecular complexity index is 488. The van der Waals surface area contributed by atoms with Gasteiger partial charge in [0, 0.05) is 13.0 Å². The van der Waals surface area contributed by atoms with Crippen LogP contribution in [0.25, 0.3) is 0 Å². The van der Waals surface area contributed by atoms with Gasteiger partial charge in [0.05, 0.1) is 12.6 Å². The van der Waals surface area contributed by atoms with Crippen LogP contribution in [-0.2, 0) is 20.8 Å². The fraction of sp³-hybridized carbons (Fsp3) is 0.400. The number of nitrogens with one attached hydrogen (secondary N) is 2. The van der Waals surface area contributed by atoms with E-state index in [1.807, 2.05) is 30.3 Å². The standard InChI is InChI=1S/C15H20N2O4/c1-11(18)7-8-16-15(21)13(17-10-14(19)20)9-12-5-3-2-4-6-12/h2-6,13,17H,7-10H2,1H3,(H,16,21)(H,19,20)/t13-/m0/s1. The summed E-state index contributed by atoms with van der Waals surface area (Å²) in [5.74, 6) is -1.33. The van der Waals surface area contributed by atoms with E-state index < -0.39 is 12.0 Å². The number of carbonyl (C=O) groups excluding carboxylic acids is 2. The molecule has 1 aromatic rings. The van der Waals surface area contributed by atoms with E-state index in [9.17, 15) is 14.4 Å². The molecule has 0 radical (unpaired) electrons. The highest BCUT2D eigenvalue weighted by Crippen LogP contribution is 2.03. The number of ketones is 1. The Kier molecular flexibility index (Phi) is 7.11. The van der Waals surface area contributed by atoms with Crippen LogP contribution >= 0.6 is 0 Å². The molecule has 0 fully saturated rings. The van der Waals surface area contributed by atoms with Gasteiger partial charge in [-0.25, -0.2) is 0 Å². The second-order valence-corrected chi connectivity index (χ2v) is 4.76. The van der Waals surface area contributed by atoms with Crippen LogP contribution in [0.4, 0.5) is 0 Å². The van der Waals surface area contributed by atoms with E-state index in [0.717, 1.165) is 5.56 Å². The number of carboxylic acid groups (broad SMARTS) is 1. The minimum Gasteiger partial charge on any atom is -0.480 e. The van der Waals surface area contributed by atoms with Gasteiger partial charge in [-0.2, -0.15) is 0 Å². The summed E-state index contributed by atoms with van der Waals surface area (Å²) in [5, 5.41) is 14.1. The van der Waals surface area contributed by atoms with E-state index in [-0.39, 0.29) is 31.2 Å². The molecule has 1 amide bonds. The monoisotopic (exact) mass is 292 g/mol. The minimum atomic E-state index is -1.02. The number of aliphatic carboxylic acids is 1. The maximum absolute atomic E-state index is 12.1. The van der Waals surface area contributed by atoms with Gasteiger partial charge in [0.2, 0.25) is 5.91 Å². The molecule has 0 saturated carbocycles. The number of Topliss-reactive ketones (excluding diaryl/α,β-unsaturated/α-hetero) is 1. The molecule has 1 atom stereocenters. The lowest BCUT2D eigenvalue weighted by molar-refractivity contribution is -0.136. The van der Waals surface area contributed by atoms with Crippen molar-refractivity contribution in [2.24, 2.45) is 0 Å². The summed E-state index contributed by atoms with van der Waals surface area (Å²) in [6, 6.07) is 8.69. The number of hydrogen-bond donors (Lipinski definition) is 3. The number of rotatable bonds is 9. The molecule has 0 aliphatic carbocycles. The lowest BCUT2D eigenvalue weighted by Crippen LogP contribution is -2.47. The van der Waals surface area contributed by atoms with Crippen molar-refractivity contribution in [3.63, 3.8) is 0 Å². The second kappa shape index (κ2) is 8.86. The first-order valence-corrected chi connectivity index (χ1v) is 6.75. The zero-order valence-electron chi connectivity index (χ0n) is 12.0. The van der Waals surface area contributed by atoms with E-state index in [4.69, 9.17) is 5.11 Å². The van der Waals surface area contributed by atoms with Crippen LogP contribution in [0.5, 0.6) is 0 Å². The molecule has 1 rings (SSSR count). The summed E-state index contributed by atoms with van der Waals surface area (Å²) in [6.45, 7) is 1.42. The average molecular weight is 292 g/mol. The van der Waals surface area contributed by atoms with Gasteiger partial charge in [0.1, 0.15) is 5.78 Å². The molecule has 0 aromatic heterocycles. The molecule has 0 bridgehead atoms. The molecule has 0 saturated heterocycles. The fourth-order valence-corrected chi connectivity index (χ4v) is 1.80. The number of carbonyl (C=O) groups is 3. The predicted octanol–water partition coefficient (Wildman–Crippen LogP) is 0.367. The van der Waals surface area contributed by atoms with Crippen LogP contribution in [0.3, 0.4) is 0 Å². The Hall–Kier alpha value is -2.21. The van der Waals surface area contributed by atoms with E-state index in [0.29, 0.717) is 6.42 Å². The Morgan fingerprint density at radius 3 is 2.43 bits per heavy atom. The first-order chi connectivity index (χ1) is 9.99. The summed E-state index contributed by atoms with van der Waals surface area (Å²) in [6.07, 6.45) is 0.656. The van der Waals surface area contributed by atoms with Crippen molar-refractivity contribution in [2.75, 3.05) is 13.1 Å². The van der Waals surface area contributed by atoms with Gasteiger partial charge in [0.15, 0.2) is 0 Å². The summed E-state index contributed by atoms with van der Waals surface area (Å²) in [4.78, 5) is 33.6. The molecule has 0 unspecified atom stereocenters. The first-order valence-electron chi connectivity index (χ1n) is 6.75. The normalized spacial score (nSPS) is 11.7. The average Bonchev–Trinajstić information content (AvgIpc) is 2.43. The Morgan fingerprint density at radius 1 is 1.19 bits per heavy atom. The number of carboxylic acids is 1. The Labute approximate surface area is 123 Å². The third kappa shape index (κ3) is 7.22. The zero-order valence-corrected chi connectivity index (χ0v) is 12.0. The lowest BCUT2D eigenvalue weighted by atomic mass is 10.1. The van der Waals surface area contributed by atoms with Crippen LogP contribution in [-0.4, -0.2) is 41.9 Å². The highest BCUT2D eigenvalue weighted by molar-refractivity contribution is 5.83. The summed E-state index contributed by atoms with van der Waals surface area (Å²) in [7, 11) is 0. The van der Waals surface area contributed by atoms with Crippen LogP contribution in [0.2, 0.25) is 0 Å².